The smallest absolute Gasteiger partial charge is 0.0568 e. The molecule has 92 valence electrons. The summed E-state index contributed by atoms with van der Waals surface area (Å²) in [5.74, 6) is 0. The van der Waals surface area contributed by atoms with Gasteiger partial charge in [-0.3, -0.25) is 10.4 Å². The van der Waals surface area contributed by atoms with Crippen LogP contribution in [0, 0.1) is 0 Å². The monoisotopic (exact) mass is 247 g/mol. The molecule has 0 radical (unpaired) electrons. The molecule has 0 bridgehead atoms. The van der Waals surface area contributed by atoms with Gasteiger partial charge in [0, 0.05) is 18.0 Å². The summed E-state index contributed by atoms with van der Waals surface area (Å²) in [4.78, 5) is 4.03. The Hall–Kier alpha value is -2.68. The van der Waals surface area contributed by atoms with Crippen LogP contribution in [0.2, 0.25) is 0 Å². The van der Waals surface area contributed by atoms with E-state index in [-0.39, 0.29) is 0 Å². The number of rotatable bonds is 3. The minimum atomic E-state index is 0.968. The molecule has 0 saturated carbocycles. The van der Waals surface area contributed by atoms with Gasteiger partial charge in [0.05, 0.1) is 11.9 Å². The van der Waals surface area contributed by atoms with Gasteiger partial charge in [-0.1, -0.05) is 36.4 Å². The first-order valence-corrected chi connectivity index (χ1v) is 6.10. The Morgan fingerprint density at radius 3 is 2.68 bits per heavy atom. The van der Waals surface area contributed by atoms with Crippen LogP contribution in [0.5, 0.6) is 0 Å². The van der Waals surface area contributed by atoms with Crippen LogP contribution in [-0.4, -0.2) is 11.2 Å². The predicted molar refractivity (Wildman–Crippen MR) is 79.4 cm³/mol. The van der Waals surface area contributed by atoms with Crippen molar-refractivity contribution in [2.75, 3.05) is 5.43 Å². The van der Waals surface area contributed by atoms with Gasteiger partial charge in [-0.2, -0.15) is 5.10 Å². The summed E-state index contributed by atoms with van der Waals surface area (Å²) in [5, 5.41) is 6.63. The number of aromatic nitrogens is 1. The first-order valence-electron chi connectivity index (χ1n) is 6.10. The van der Waals surface area contributed by atoms with E-state index in [1.165, 1.54) is 10.8 Å². The molecule has 19 heavy (non-hydrogen) atoms. The van der Waals surface area contributed by atoms with Gasteiger partial charge >= 0.3 is 0 Å². The summed E-state index contributed by atoms with van der Waals surface area (Å²) in [7, 11) is 0. The summed E-state index contributed by atoms with van der Waals surface area (Å²) in [6.45, 7) is 0. The van der Waals surface area contributed by atoms with Gasteiger partial charge in [0.15, 0.2) is 0 Å². The highest BCUT2D eigenvalue weighted by molar-refractivity contribution is 5.86. The summed E-state index contributed by atoms with van der Waals surface area (Å²) < 4.78 is 0. The molecule has 0 aliphatic carbocycles. The van der Waals surface area contributed by atoms with E-state index in [2.05, 4.69) is 39.8 Å². The summed E-state index contributed by atoms with van der Waals surface area (Å²) >= 11 is 0. The third-order valence-corrected chi connectivity index (χ3v) is 2.84. The summed E-state index contributed by atoms with van der Waals surface area (Å²) in [6.07, 6.45) is 5.27. The second-order valence-electron chi connectivity index (χ2n) is 4.22. The predicted octanol–water partition coefficient (Wildman–Crippen LogP) is 3.68. The number of fused-ring (bicyclic) bond motifs is 1. The van der Waals surface area contributed by atoms with Crippen molar-refractivity contribution in [3.63, 3.8) is 0 Å². The molecule has 1 N–H and O–H groups in total. The number of anilines is 1. The maximum Gasteiger partial charge on any atom is 0.0568 e. The number of benzene rings is 2. The molecule has 0 aliphatic rings. The van der Waals surface area contributed by atoms with Gasteiger partial charge in [-0.05, 0) is 29.0 Å². The lowest BCUT2D eigenvalue weighted by Crippen LogP contribution is -1.90. The molecular weight excluding hydrogens is 234 g/mol. The Balaban J connectivity index is 1.77. The largest absolute Gasteiger partial charge is 0.278 e. The van der Waals surface area contributed by atoms with Gasteiger partial charge in [0.2, 0.25) is 0 Å². The van der Waals surface area contributed by atoms with Crippen LogP contribution in [0.3, 0.4) is 0 Å². The third-order valence-electron chi connectivity index (χ3n) is 2.84. The van der Waals surface area contributed by atoms with Crippen LogP contribution >= 0.6 is 0 Å². The molecule has 1 aromatic heterocycles. The van der Waals surface area contributed by atoms with Crippen molar-refractivity contribution in [1.82, 2.24) is 4.98 Å². The fraction of sp³-hybridized carbons (Fsp3) is 0. The van der Waals surface area contributed by atoms with Crippen LogP contribution in [0.15, 0.2) is 72.1 Å². The normalized spacial score (nSPS) is 10.9. The number of nitrogens with zero attached hydrogens (tertiary/aromatic N) is 2. The SMILES string of the molecule is C(=N\Nc1ccc2ccccc2c1)/c1cccnc1. The Bertz CT molecular complexity index is 705. The lowest BCUT2D eigenvalue weighted by molar-refractivity contribution is 1.31. The fourth-order valence-electron chi connectivity index (χ4n) is 1.89. The van der Waals surface area contributed by atoms with Crippen LogP contribution in [0.25, 0.3) is 10.8 Å². The maximum absolute atomic E-state index is 4.20. The van der Waals surface area contributed by atoms with Crippen LogP contribution in [0.1, 0.15) is 5.56 Å². The van der Waals surface area contributed by atoms with Crippen molar-refractivity contribution in [1.29, 1.82) is 0 Å². The van der Waals surface area contributed by atoms with Crippen LogP contribution in [0.4, 0.5) is 5.69 Å². The minimum Gasteiger partial charge on any atom is -0.278 e. The average molecular weight is 247 g/mol. The van der Waals surface area contributed by atoms with E-state index < -0.39 is 0 Å². The highest BCUT2D eigenvalue weighted by Crippen LogP contribution is 2.18. The molecule has 0 atom stereocenters. The lowest BCUT2D eigenvalue weighted by Gasteiger charge is -2.02. The highest BCUT2D eigenvalue weighted by atomic mass is 15.3. The number of hydrazone groups is 1. The van der Waals surface area contributed by atoms with E-state index in [1.54, 1.807) is 18.6 Å². The van der Waals surface area contributed by atoms with Crippen molar-refractivity contribution >= 4 is 22.7 Å². The Morgan fingerprint density at radius 2 is 1.84 bits per heavy atom. The zero-order valence-corrected chi connectivity index (χ0v) is 10.3. The van der Waals surface area contributed by atoms with Gasteiger partial charge in [0.25, 0.3) is 0 Å². The maximum atomic E-state index is 4.20. The molecule has 0 spiro atoms. The molecule has 0 amide bonds. The van der Waals surface area contributed by atoms with Crippen molar-refractivity contribution in [2.45, 2.75) is 0 Å². The number of pyridine rings is 1. The highest BCUT2D eigenvalue weighted by Gasteiger charge is 1.94. The van der Waals surface area contributed by atoms with Gasteiger partial charge in [-0.15, -0.1) is 0 Å². The van der Waals surface area contributed by atoms with Crippen molar-refractivity contribution < 1.29 is 0 Å². The molecule has 3 nitrogen and oxygen atoms in total. The Kier molecular flexibility index (Phi) is 3.19. The van der Waals surface area contributed by atoms with Crippen molar-refractivity contribution in [3.05, 3.63) is 72.6 Å². The van der Waals surface area contributed by atoms with Gasteiger partial charge in [0.1, 0.15) is 0 Å². The molecule has 3 heteroatoms. The second-order valence-corrected chi connectivity index (χ2v) is 4.22. The van der Waals surface area contributed by atoms with Crippen LogP contribution in [-0.2, 0) is 0 Å². The molecule has 3 rings (SSSR count). The summed E-state index contributed by atoms with van der Waals surface area (Å²) in [5.41, 5.74) is 4.97. The van der Waals surface area contributed by atoms with Crippen molar-refractivity contribution in [3.8, 4) is 0 Å². The molecule has 0 aliphatic heterocycles. The topological polar surface area (TPSA) is 37.3 Å². The van der Waals surface area contributed by atoms with Gasteiger partial charge < -0.3 is 0 Å². The van der Waals surface area contributed by atoms with E-state index >= 15 is 0 Å². The number of hydrogen-bond acceptors (Lipinski definition) is 3. The van der Waals surface area contributed by atoms with E-state index in [0.717, 1.165) is 11.3 Å². The molecule has 2 aromatic carbocycles. The zero-order valence-electron chi connectivity index (χ0n) is 10.3. The molecule has 0 saturated heterocycles. The van der Waals surface area contributed by atoms with E-state index in [4.69, 9.17) is 0 Å². The third kappa shape index (κ3) is 2.77. The molecule has 3 aromatic rings. The molecule has 0 fully saturated rings. The fourth-order valence-corrected chi connectivity index (χ4v) is 1.89. The minimum absolute atomic E-state index is 0.968. The van der Waals surface area contributed by atoms with Crippen LogP contribution < -0.4 is 5.43 Å². The second kappa shape index (κ2) is 5.31. The quantitative estimate of drug-likeness (QED) is 0.566. The lowest BCUT2D eigenvalue weighted by atomic mass is 10.1. The molecule has 0 unspecified atom stereocenters. The molecular formula is C16H13N3. The average Bonchev–Trinajstić information content (AvgIpc) is 2.48. The van der Waals surface area contributed by atoms with E-state index in [9.17, 15) is 0 Å². The van der Waals surface area contributed by atoms with E-state index in [1.807, 2.05) is 30.3 Å². The Labute approximate surface area is 111 Å². The number of nitrogens with one attached hydrogen (secondary N) is 1. The zero-order chi connectivity index (χ0) is 12.9. The van der Waals surface area contributed by atoms with Gasteiger partial charge in [-0.25, -0.2) is 0 Å². The number of hydrogen-bond donors (Lipinski definition) is 1. The standard InChI is InChI=1S/C16H13N3/c1-2-6-15-10-16(8-7-14(15)5-1)19-18-12-13-4-3-9-17-11-13/h1-12,19H/b18-12+. The van der Waals surface area contributed by atoms with Crippen molar-refractivity contribution in [2.24, 2.45) is 5.10 Å². The van der Waals surface area contributed by atoms with E-state index in [0.29, 0.717) is 0 Å². The Morgan fingerprint density at radius 1 is 0.947 bits per heavy atom. The summed E-state index contributed by atoms with van der Waals surface area (Å²) in [6, 6.07) is 18.3. The molecule has 1 heterocycles. The first-order chi connectivity index (χ1) is 9.42. The first kappa shape index (κ1) is 11.4.